The normalized spacial score (nSPS) is 14.1. The first-order valence-corrected chi connectivity index (χ1v) is 5.42. The number of benzene rings is 1. The van der Waals surface area contributed by atoms with Gasteiger partial charge >= 0.3 is 0 Å². The van der Waals surface area contributed by atoms with Crippen molar-refractivity contribution in [2.24, 2.45) is 10.7 Å². The van der Waals surface area contributed by atoms with Crippen molar-refractivity contribution < 1.29 is 0 Å². The van der Waals surface area contributed by atoms with Crippen LogP contribution in [-0.4, -0.2) is 17.4 Å². The maximum absolute atomic E-state index is 7.61. The zero-order valence-electron chi connectivity index (χ0n) is 7.87. The maximum atomic E-state index is 7.61. The average molecular weight is 205 g/mol. The lowest BCUT2D eigenvalue weighted by Crippen LogP contribution is -2.11. The van der Waals surface area contributed by atoms with Crippen LogP contribution in [0.5, 0.6) is 0 Å². The summed E-state index contributed by atoms with van der Waals surface area (Å²) in [6, 6.07) is 5.86. The average Bonchev–Trinajstić information content (AvgIpc) is 2.44. The molecule has 0 aliphatic carbocycles. The van der Waals surface area contributed by atoms with Gasteiger partial charge in [-0.05, 0) is 11.8 Å². The van der Waals surface area contributed by atoms with Gasteiger partial charge in [0.2, 0.25) is 0 Å². The minimum absolute atomic E-state index is 0.274. The Kier molecular flexibility index (Phi) is 2.29. The molecule has 14 heavy (non-hydrogen) atoms. The van der Waals surface area contributed by atoms with Crippen LogP contribution in [0.25, 0.3) is 0 Å². The number of hydrogen-bond acceptors (Lipinski definition) is 3. The second-order valence-corrected chi connectivity index (χ2v) is 4.26. The van der Waals surface area contributed by atoms with Crippen molar-refractivity contribution in [2.45, 2.75) is 11.8 Å². The van der Waals surface area contributed by atoms with Gasteiger partial charge in [0.15, 0.2) is 5.84 Å². The minimum Gasteiger partial charge on any atom is -0.383 e. The van der Waals surface area contributed by atoms with E-state index >= 15 is 0 Å². The fraction of sp³-hybridized carbons (Fsp3) is 0.200. The number of nitrogens with two attached hydrogens (primary N) is 1. The molecule has 0 spiro atoms. The minimum atomic E-state index is 0.274. The number of hydrogen-bond donors (Lipinski definition) is 2. The molecule has 1 aliphatic heterocycles. The fourth-order valence-corrected chi connectivity index (χ4v) is 2.35. The molecule has 0 radical (unpaired) electrons. The van der Waals surface area contributed by atoms with Gasteiger partial charge in [0.25, 0.3) is 0 Å². The summed E-state index contributed by atoms with van der Waals surface area (Å²) in [5, 5.41) is 7.61. The Morgan fingerprint density at radius 2 is 2.29 bits per heavy atom. The van der Waals surface area contributed by atoms with E-state index in [2.05, 4.69) is 11.9 Å². The van der Waals surface area contributed by atoms with Crippen LogP contribution in [0.3, 0.4) is 0 Å². The molecule has 0 amide bonds. The largest absolute Gasteiger partial charge is 0.383 e. The molecular formula is C10H11N3S. The number of nitrogens with zero attached hydrogens (tertiary/aromatic N) is 1. The third-order valence-electron chi connectivity index (χ3n) is 2.07. The van der Waals surface area contributed by atoms with E-state index in [1.54, 1.807) is 11.8 Å². The molecule has 0 fully saturated rings. The number of aliphatic imine (C=N–C) groups is 1. The Balaban J connectivity index is 2.57. The van der Waals surface area contributed by atoms with Crippen LogP contribution in [0.2, 0.25) is 0 Å². The smallest absolute Gasteiger partial charge is 0.154 e. The first kappa shape index (κ1) is 9.27. The van der Waals surface area contributed by atoms with Crippen molar-refractivity contribution in [3.05, 3.63) is 29.3 Å². The van der Waals surface area contributed by atoms with Crippen molar-refractivity contribution >= 4 is 23.4 Å². The molecule has 3 nitrogen and oxygen atoms in total. The SMILES string of the molecule is CCSc1cccc2c1C(N)=NC2=N. The molecule has 1 aromatic rings. The summed E-state index contributed by atoms with van der Waals surface area (Å²) >= 11 is 1.73. The van der Waals surface area contributed by atoms with E-state index in [0.29, 0.717) is 5.84 Å². The van der Waals surface area contributed by atoms with Gasteiger partial charge in [0, 0.05) is 16.0 Å². The lowest BCUT2D eigenvalue weighted by molar-refractivity contribution is 1.38. The molecular weight excluding hydrogens is 194 g/mol. The van der Waals surface area contributed by atoms with Crippen LogP contribution in [-0.2, 0) is 0 Å². The molecule has 0 bridgehead atoms. The first-order valence-electron chi connectivity index (χ1n) is 4.43. The Morgan fingerprint density at radius 1 is 1.50 bits per heavy atom. The van der Waals surface area contributed by atoms with Crippen molar-refractivity contribution in [3.8, 4) is 0 Å². The van der Waals surface area contributed by atoms with Gasteiger partial charge in [-0.3, -0.25) is 5.41 Å². The predicted molar refractivity (Wildman–Crippen MR) is 60.4 cm³/mol. The van der Waals surface area contributed by atoms with Crippen molar-refractivity contribution in [3.63, 3.8) is 0 Å². The molecule has 0 saturated heterocycles. The fourth-order valence-electron chi connectivity index (χ4n) is 1.51. The molecule has 2 rings (SSSR count). The standard InChI is InChI=1S/C10H11N3S/c1-2-14-7-5-3-4-6-8(7)10(12)13-9(6)11/h3-5H,2H2,1H3,(H3,11,12,13). The van der Waals surface area contributed by atoms with Gasteiger partial charge in [-0.15, -0.1) is 11.8 Å². The highest BCUT2D eigenvalue weighted by Gasteiger charge is 2.21. The zero-order valence-corrected chi connectivity index (χ0v) is 8.69. The Morgan fingerprint density at radius 3 is 3.00 bits per heavy atom. The molecule has 4 heteroatoms. The van der Waals surface area contributed by atoms with E-state index < -0.39 is 0 Å². The van der Waals surface area contributed by atoms with Crippen LogP contribution in [0.1, 0.15) is 18.1 Å². The van der Waals surface area contributed by atoms with Crippen LogP contribution < -0.4 is 5.73 Å². The number of fused-ring (bicyclic) bond motifs is 1. The highest BCUT2D eigenvalue weighted by molar-refractivity contribution is 7.99. The monoisotopic (exact) mass is 205 g/mol. The maximum Gasteiger partial charge on any atom is 0.154 e. The van der Waals surface area contributed by atoms with Gasteiger partial charge in [-0.25, -0.2) is 4.99 Å². The Hall–Kier alpha value is -1.29. The van der Waals surface area contributed by atoms with Crippen molar-refractivity contribution in [2.75, 3.05) is 5.75 Å². The molecule has 0 atom stereocenters. The van der Waals surface area contributed by atoms with E-state index in [9.17, 15) is 0 Å². The summed E-state index contributed by atoms with van der Waals surface area (Å²) in [5.74, 6) is 1.74. The van der Waals surface area contributed by atoms with Gasteiger partial charge in [0.05, 0.1) is 0 Å². The molecule has 1 heterocycles. The highest BCUT2D eigenvalue weighted by atomic mass is 32.2. The third-order valence-corrected chi connectivity index (χ3v) is 3.01. The third kappa shape index (κ3) is 1.32. The molecule has 0 unspecified atom stereocenters. The van der Waals surface area contributed by atoms with Crippen LogP contribution >= 0.6 is 11.8 Å². The van der Waals surface area contributed by atoms with E-state index in [0.717, 1.165) is 21.8 Å². The molecule has 0 saturated carbocycles. The summed E-state index contributed by atoms with van der Waals surface area (Å²) in [7, 11) is 0. The number of thioether (sulfide) groups is 1. The zero-order chi connectivity index (χ0) is 10.1. The summed E-state index contributed by atoms with van der Waals surface area (Å²) in [6.45, 7) is 2.09. The van der Waals surface area contributed by atoms with E-state index in [4.69, 9.17) is 11.1 Å². The van der Waals surface area contributed by atoms with Gasteiger partial charge in [-0.1, -0.05) is 19.1 Å². The van der Waals surface area contributed by atoms with E-state index in [-0.39, 0.29) is 5.84 Å². The van der Waals surface area contributed by atoms with Gasteiger partial charge < -0.3 is 5.73 Å². The molecule has 72 valence electrons. The van der Waals surface area contributed by atoms with Crippen LogP contribution in [0.15, 0.2) is 28.1 Å². The first-order chi connectivity index (χ1) is 6.74. The van der Waals surface area contributed by atoms with Crippen LogP contribution in [0, 0.1) is 5.41 Å². The van der Waals surface area contributed by atoms with E-state index in [1.165, 1.54) is 0 Å². The Labute approximate surface area is 86.9 Å². The lowest BCUT2D eigenvalue weighted by atomic mass is 10.1. The molecule has 1 aromatic carbocycles. The summed E-state index contributed by atoms with van der Waals surface area (Å²) in [6.07, 6.45) is 0. The summed E-state index contributed by atoms with van der Waals surface area (Å²) < 4.78 is 0. The second kappa shape index (κ2) is 3.46. The van der Waals surface area contributed by atoms with Gasteiger partial charge in [-0.2, -0.15) is 0 Å². The van der Waals surface area contributed by atoms with Crippen molar-refractivity contribution in [1.29, 1.82) is 5.41 Å². The topological polar surface area (TPSA) is 62.2 Å². The summed E-state index contributed by atoms with van der Waals surface area (Å²) in [5.41, 5.74) is 7.55. The predicted octanol–water partition coefficient (Wildman–Crippen LogP) is 1.84. The molecule has 3 N–H and O–H groups in total. The molecule has 1 aliphatic rings. The number of amidine groups is 2. The summed E-state index contributed by atoms with van der Waals surface area (Å²) in [4.78, 5) is 5.08. The Bertz CT molecular complexity index is 423. The second-order valence-electron chi connectivity index (χ2n) is 2.96. The van der Waals surface area contributed by atoms with Crippen molar-refractivity contribution in [1.82, 2.24) is 0 Å². The highest BCUT2D eigenvalue weighted by Crippen LogP contribution is 2.28. The van der Waals surface area contributed by atoms with Crippen LogP contribution in [0.4, 0.5) is 0 Å². The van der Waals surface area contributed by atoms with E-state index in [1.807, 2.05) is 18.2 Å². The lowest BCUT2D eigenvalue weighted by Gasteiger charge is -2.05. The molecule has 0 aromatic heterocycles. The van der Waals surface area contributed by atoms with Gasteiger partial charge in [0.1, 0.15) is 5.84 Å². The quantitative estimate of drug-likeness (QED) is 0.724. The number of nitrogens with one attached hydrogen (secondary N) is 1. The number of rotatable bonds is 2.